The Morgan fingerprint density at radius 2 is 2.17 bits per heavy atom. The fraction of sp³-hybridized carbons (Fsp3) is 0.462. The third-order valence-corrected chi connectivity index (χ3v) is 3.25. The van der Waals surface area contributed by atoms with Crippen LogP contribution in [-0.4, -0.2) is 47.7 Å². The summed E-state index contributed by atoms with van der Waals surface area (Å²) in [5, 5.41) is 9.65. The normalized spacial score (nSPS) is 29.0. The molecule has 18 heavy (non-hydrogen) atoms. The fourth-order valence-corrected chi connectivity index (χ4v) is 2.29. The topological polar surface area (TPSA) is 66.8 Å². The second-order valence-electron chi connectivity index (χ2n) is 4.34. The van der Waals surface area contributed by atoms with Crippen LogP contribution < -0.4 is 0 Å². The zero-order valence-corrected chi connectivity index (χ0v) is 10.2. The Bertz CT molecular complexity index is 325. The average molecular weight is 250 g/mol. The van der Waals surface area contributed by atoms with Crippen LogP contribution in [0.1, 0.15) is 12.8 Å². The van der Waals surface area contributed by atoms with Crippen molar-refractivity contribution in [3.8, 4) is 0 Å². The first-order valence-corrected chi connectivity index (χ1v) is 5.90. The maximum atomic E-state index is 11.8. The average Bonchev–Trinajstić information content (AvgIpc) is 2.97. The molecule has 0 bridgehead atoms. The highest BCUT2D eigenvalue weighted by molar-refractivity contribution is 5.84. The summed E-state index contributed by atoms with van der Waals surface area (Å²) in [6.07, 6.45) is 7.17. The van der Waals surface area contributed by atoms with Gasteiger partial charge in [-0.25, -0.2) is 0 Å². The van der Waals surface area contributed by atoms with E-state index in [1.165, 1.54) is 7.11 Å². The summed E-state index contributed by atoms with van der Waals surface area (Å²) < 4.78 is 4.56. The smallest absolute Gasteiger partial charge is 0.307 e. The molecule has 2 aliphatic rings. The SMILES string of the molecule is COC(=O)CCN1C(=O)[C@@H](O)C[C@H]1[C]1[CH][CH][CH][CH]1. The molecule has 5 nitrogen and oxygen atoms in total. The Balaban J connectivity index is 1.98. The summed E-state index contributed by atoms with van der Waals surface area (Å²) in [5.41, 5.74) is 0. The molecular formula is C13H16NO4. The van der Waals surface area contributed by atoms with Crippen molar-refractivity contribution in [1.82, 2.24) is 4.90 Å². The standard InChI is InChI=1S/C13H16NO4/c1-18-12(16)6-7-14-10(8-11(15)13(14)17)9-4-2-3-5-9/h2-5,10-11,15H,6-8H2,1H3/t10-,11-/m0/s1. The van der Waals surface area contributed by atoms with Gasteiger partial charge in [0.25, 0.3) is 5.91 Å². The molecule has 2 fully saturated rings. The number of aliphatic hydroxyl groups excluding tert-OH is 1. The number of carbonyl (C=O) groups is 2. The first kappa shape index (κ1) is 13.3. The second kappa shape index (κ2) is 5.69. The number of methoxy groups -OCH3 is 1. The van der Waals surface area contributed by atoms with Crippen LogP contribution in [0.15, 0.2) is 0 Å². The molecular weight excluding hydrogens is 234 g/mol. The molecule has 97 valence electrons. The molecule has 1 aliphatic heterocycles. The van der Waals surface area contributed by atoms with Gasteiger partial charge in [-0.15, -0.1) is 0 Å². The molecule has 1 heterocycles. The molecule has 1 saturated heterocycles. The number of aliphatic hydroxyl groups is 1. The van der Waals surface area contributed by atoms with Crippen molar-refractivity contribution in [3.63, 3.8) is 0 Å². The monoisotopic (exact) mass is 250 g/mol. The highest BCUT2D eigenvalue weighted by atomic mass is 16.5. The lowest BCUT2D eigenvalue weighted by molar-refractivity contribution is -0.142. The van der Waals surface area contributed by atoms with Gasteiger partial charge in [-0.3, -0.25) is 9.59 Å². The van der Waals surface area contributed by atoms with E-state index in [0.29, 0.717) is 6.42 Å². The van der Waals surface area contributed by atoms with Crippen molar-refractivity contribution < 1.29 is 19.4 Å². The summed E-state index contributed by atoms with van der Waals surface area (Å²) in [4.78, 5) is 24.5. The lowest BCUT2D eigenvalue weighted by Gasteiger charge is -2.28. The lowest BCUT2D eigenvalue weighted by atomic mass is 9.95. The molecule has 0 aromatic heterocycles. The van der Waals surface area contributed by atoms with Gasteiger partial charge in [0.15, 0.2) is 0 Å². The van der Waals surface area contributed by atoms with E-state index in [4.69, 9.17) is 0 Å². The number of hydrogen-bond acceptors (Lipinski definition) is 4. The molecule has 1 aliphatic carbocycles. The second-order valence-corrected chi connectivity index (χ2v) is 4.34. The van der Waals surface area contributed by atoms with Crippen molar-refractivity contribution in [3.05, 3.63) is 31.6 Å². The minimum atomic E-state index is -0.970. The van der Waals surface area contributed by atoms with E-state index in [-0.39, 0.29) is 30.9 Å². The van der Waals surface area contributed by atoms with Crippen LogP contribution in [0.5, 0.6) is 0 Å². The zero-order chi connectivity index (χ0) is 13.1. The van der Waals surface area contributed by atoms with Crippen LogP contribution in [0, 0.1) is 31.6 Å². The maximum absolute atomic E-state index is 11.8. The van der Waals surface area contributed by atoms with Crippen LogP contribution >= 0.6 is 0 Å². The molecule has 2 atom stereocenters. The molecule has 1 saturated carbocycles. The van der Waals surface area contributed by atoms with E-state index in [2.05, 4.69) is 4.74 Å². The molecule has 0 aromatic carbocycles. The van der Waals surface area contributed by atoms with E-state index in [1.807, 2.05) is 25.7 Å². The van der Waals surface area contributed by atoms with Gasteiger partial charge >= 0.3 is 5.97 Å². The Morgan fingerprint density at radius 3 is 2.78 bits per heavy atom. The van der Waals surface area contributed by atoms with Crippen molar-refractivity contribution in [2.24, 2.45) is 0 Å². The van der Waals surface area contributed by atoms with Gasteiger partial charge in [-0.1, -0.05) is 0 Å². The minimum absolute atomic E-state index is 0.145. The van der Waals surface area contributed by atoms with Crippen molar-refractivity contribution >= 4 is 11.9 Å². The van der Waals surface area contributed by atoms with Crippen molar-refractivity contribution in [1.29, 1.82) is 0 Å². The van der Waals surface area contributed by atoms with E-state index >= 15 is 0 Å². The Kier molecular flexibility index (Phi) is 4.22. The lowest BCUT2D eigenvalue weighted by Crippen LogP contribution is -2.39. The Hall–Kier alpha value is -1.10. The third-order valence-electron chi connectivity index (χ3n) is 3.25. The van der Waals surface area contributed by atoms with Crippen LogP contribution in [-0.2, 0) is 14.3 Å². The number of hydrogen-bond donors (Lipinski definition) is 1. The van der Waals surface area contributed by atoms with Gasteiger partial charge in [-0.05, 0) is 25.7 Å². The van der Waals surface area contributed by atoms with E-state index in [0.717, 1.165) is 5.92 Å². The van der Waals surface area contributed by atoms with Gasteiger partial charge < -0.3 is 14.7 Å². The van der Waals surface area contributed by atoms with Gasteiger partial charge in [0.05, 0.1) is 13.5 Å². The number of carbonyl (C=O) groups excluding carboxylic acids is 2. The number of esters is 1. The first-order chi connectivity index (χ1) is 8.63. The number of nitrogens with zero attached hydrogens (tertiary/aromatic N) is 1. The number of amides is 1. The predicted octanol–water partition coefficient (Wildman–Crippen LogP) is -0.0834. The molecule has 0 spiro atoms. The highest BCUT2D eigenvalue weighted by Gasteiger charge is 2.43. The van der Waals surface area contributed by atoms with E-state index in [9.17, 15) is 14.7 Å². The van der Waals surface area contributed by atoms with Crippen LogP contribution in [0.3, 0.4) is 0 Å². The van der Waals surface area contributed by atoms with Crippen molar-refractivity contribution in [2.75, 3.05) is 13.7 Å². The quantitative estimate of drug-likeness (QED) is 0.708. The molecule has 1 amide bonds. The summed E-state index contributed by atoms with van der Waals surface area (Å²) >= 11 is 0. The Labute approximate surface area is 107 Å². The maximum Gasteiger partial charge on any atom is 0.307 e. The molecule has 5 radical (unpaired) electrons. The van der Waals surface area contributed by atoms with Gasteiger partial charge in [0.2, 0.25) is 0 Å². The van der Waals surface area contributed by atoms with Gasteiger partial charge in [0, 0.05) is 24.9 Å². The summed E-state index contributed by atoms with van der Waals surface area (Å²) in [5.74, 6) is 0.320. The third kappa shape index (κ3) is 2.66. The van der Waals surface area contributed by atoms with Gasteiger partial charge in [-0.2, -0.15) is 0 Å². The molecule has 0 aromatic rings. The Morgan fingerprint density at radius 1 is 1.50 bits per heavy atom. The summed E-state index contributed by atoms with van der Waals surface area (Å²) in [6.45, 7) is 0.276. The van der Waals surface area contributed by atoms with Crippen LogP contribution in [0.2, 0.25) is 0 Å². The number of ether oxygens (including phenoxy) is 1. The van der Waals surface area contributed by atoms with Gasteiger partial charge in [0.1, 0.15) is 6.10 Å². The first-order valence-electron chi connectivity index (χ1n) is 5.90. The number of likely N-dealkylation sites (tertiary alicyclic amines) is 1. The van der Waals surface area contributed by atoms with Crippen LogP contribution in [0.4, 0.5) is 0 Å². The molecule has 0 unspecified atom stereocenters. The number of rotatable bonds is 4. The predicted molar refractivity (Wildman–Crippen MR) is 63.2 cm³/mol. The van der Waals surface area contributed by atoms with Crippen LogP contribution in [0.25, 0.3) is 0 Å². The molecule has 1 N–H and O–H groups in total. The van der Waals surface area contributed by atoms with E-state index in [1.54, 1.807) is 4.90 Å². The highest BCUT2D eigenvalue weighted by Crippen LogP contribution is 2.35. The van der Waals surface area contributed by atoms with Crippen molar-refractivity contribution in [2.45, 2.75) is 25.0 Å². The summed E-state index contributed by atoms with van der Waals surface area (Å²) in [6, 6.07) is -0.146. The largest absolute Gasteiger partial charge is 0.469 e. The molecule has 2 rings (SSSR count). The fourth-order valence-electron chi connectivity index (χ4n) is 2.29. The van der Waals surface area contributed by atoms with E-state index < -0.39 is 6.10 Å². The zero-order valence-electron chi connectivity index (χ0n) is 10.2. The molecule has 5 heteroatoms. The summed E-state index contributed by atoms with van der Waals surface area (Å²) in [7, 11) is 1.32. The minimum Gasteiger partial charge on any atom is -0.469 e.